The summed E-state index contributed by atoms with van der Waals surface area (Å²) in [5, 5.41) is 4.91. The van der Waals surface area contributed by atoms with Crippen molar-refractivity contribution in [1.82, 2.24) is 4.98 Å². The van der Waals surface area contributed by atoms with E-state index in [-0.39, 0.29) is 18.1 Å². The first-order chi connectivity index (χ1) is 11.7. The molecule has 0 spiro atoms. The summed E-state index contributed by atoms with van der Waals surface area (Å²) >= 11 is 1.27. The van der Waals surface area contributed by atoms with Gasteiger partial charge >= 0.3 is 0 Å². The number of methoxy groups -OCH3 is 1. The van der Waals surface area contributed by atoms with E-state index in [1.807, 2.05) is 24.3 Å². The lowest BCUT2D eigenvalue weighted by atomic mass is 10.1. The largest absolute Gasteiger partial charge is 0.497 e. The van der Waals surface area contributed by atoms with Crippen LogP contribution in [0.1, 0.15) is 5.56 Å². The molecule has 0 aliphatic heterocycles. The van der Waals surface area contributed by atoms with E-state index in [9.17, 15) is 9.18 Å². The maximum atomic E-state index is 13.8. The highest BCUT2D eigenvalue weighted by Crippen LogP contribution is 2.26. The van der Waals surface area contributed by atoms with E-state index in [1.165, 1.54) is 17.4 Å². The van der Waals surface area contributed by atoms with Crippen molar-refractivity contribution < 1.29 is 13.9 Å². The molecule has 122 valence electrons. The summed E-state index contributed by atoms with van der Waals surface area (Å²) in [6, 6.07) is 13.7. The van der Waals surface area contributed by atoms with Crippen LogP contribution in [0.5, 0.6) is 5.75 Å². The number of nitrogens with zero attached hydrogens (tertiary/aromatic N) is 1. The molecule has 0 aliphatic carbocycles. The number of hydrogen-bond donors (Lipinski definition) is 1. The van der Waals surface area contributed by atoms with Crippen LogP contribution in [-0.2, 0) is 11.2 Å². The summed E-state index contributed by atoms with van der Waals surface area (Å²) in [4.78, 5) is 16.4. The Kier molecular flexibility index (Phi) is 4.86. The number of halogens is 1. The molecular formula is C18H15FN2O2S. The standard InChI is InChI=1S/C18H15FN2O2S/c1-23-13-6-4-5-12(9-13)10-17(22)21-18-20-16(11-24-18)14-7-2-3-8-15(14)19/h2-9,11H,10H2,1H3,(H,20,21,22). The number of thiazole rings is 1. The molecule has 2 aromatic carbocycles. The number of amides is 1. The Labute approximate surface area is 142 Å². The fourth-order valence-corrected chi connectivity index (χ4v) is 2.98. The van der Waals surface area contributed by atoms with Gasteiger partial charge in [-0.3, -0.25) is 4.79 Å². The second-order valence-electron chi connectivity index (χ2n) is 5.09. The third-order valence-corrected chi connectivity index (χ3v) is 4.16. The van der Waals surface area contributed by atoms with Crippen LogP contribution < -0.4 is 10.1 Å². The number of ether oxygens (including phenoxy) is 1. The normalized spacial score (nSPS) is 10.4. The van der Waals surface area contributed by atoms with Crippen molar-refractivity contribution in [2.75, 3.05) is 12.4 Å². The highest BCUT2D eigenvalue weighted by atomic mass is 32.1. The summed E-state index contributed by atoms with van der Waals surface area (Å²) < 4.78 is 18.9. The lowest BCUT2D eigenvalue weighted by molar-refractivity contribution is -0.115. The topological polar surface area (TPSA) is 51.2 Å². The maximum Gasteiger partial charge on any atom is 0.230 e. The number of carbonyl (C=O) groups is 1. The molecule has 0 radical (unpaired) electrons. The predicted molar refractivity (Wildman–Crippen MR) is 92.8 cm³/mol. The van der Waals surface area contributed by atoms with E-state index >= 15 is 0 Å². The van der Waals surface area contributed by atoms with Gasteiger partial charge in [0.25, 0.3) is 0 Å². The lowest BCUT2D eigenvalue weighted by Crippen LogP contribution is -2.14. The number of carbonyl (C=O) groups excluding carboxylic acids is 1. The molecule has 3 aromatic rings. The zero-order chi connectivity index (χ0) is 16.9. The van der Waals surface area contributed by atoms with Gasteiger partial charge in [0.15, 0.2) is 5.13 Å². The molecule has 1 N–H and O–H groups in total. The third-order valence-electron chi connectivity index (χ3n) is 3.40. The number of rotatable bonds is 5. The van der Waals surface area contributed by atoms with Crippen LogP contribution in [-0.4, -0.2) is 18.0 Å². The summed E-state index contributed by atoms with van der Waals surface area (Å²) in [5.41, 5.74) is 1.77. The number of hydrogen-bond acceptors (Lipinski definition) is 4. The average Bonchev–Trinajstić information content (AvgIpc) is 3.03. The second-order valence-corrected chi connectivity index (χ2v) is 5.95. The average molecular weight is 342 g/mol. The van der Waals surface area contributed by atoms with Crippen molar-refractivity contribution in [3.8, 4) is 17.0 Å². The number of nitrogens with one attached hydrogen (secondary N) is 1. The Morgan fingerprint density at radius 2 is 2.08 bits per heavy atom. The van der Waals surface area contributed by atoms with Crippen LogP contribution >= 0.6 is 11.3 Å². The molecule has 1 heterocycles. The molecule has 24 heavy (non-hydrogen) atoms. The zero-order valence-corrected chi connectivity index (χ0v) is 13.8. The number of aromatic nitrogens is 1. The minimum absolute atomic E-state index is 0.183. The zero-order valence-electron chi connectivity index (χ0n) is 13.0. The smallest absolute Gasteiger partial charge is 0.230 e. The number of anilines is 1. The molecule has 1 amide bonds. The molecule has 0 saturated heterocycles. The molecular weight excluding hydrogens is 327 g/mol. The minimum atomic E-state index is -0.336. The van der Waals surface area contributed by atoms with E-state index in [0.29, 0.717) is 22.1 Å². The van der Waals surface area contributed by atoms with Gasteiger partial charge in [-0.25, -0.2) is 9.37 Å². The Balaban J connectivity index is 1.68. The van der Waals surface area contributed by atoms with Crippen LogP contribution in [0.25, 0.3) is 11.3 Å². The van der Waals surface area contributed by atoms with Gasteiger partial charge < -0.3 is 10.1 Å². The third kappa shape index (κ3) is 3.78. The van der Waals surface area contributed by atoms with Crippen molar-refractivity contribution in [1.29, 1.82) is 0 Å². The fraction of sp³-hybridized carbons (Fsp3) is 0.111. The summed E-state index contributed by atoms with van der Waals surface area (Å²) in [5.74, 6) is 0.186. The minimum Gasteiger partial charge on any atom is -0.497 e. The van der Waals surface area contributed by atoms with E-state index in [1.54, 1.807) is 30.7 Å². The highest BCUT2D eigenvalue weighted by molar-refractivity contribution is 7.14. The Bertz CT molecular complexity index is 863. The summed E-state index contributed by atoms with van der Waals surface area (Å²) in [6.45, 7) is 0. The monoisotopic (exact) mass is 342 g/mol. The van der Waals surface area contributed by atoms with E-state index in [4.69, 9.17) is 4.74 Å². The fourth-order valence-electron chi connectivity index (χ4n) is 2.26. The van der Waals surface area contributed by atoms with Gasteiger partial charge in [-0.1, -0.05) is 24.3 Å². The molecule has 4 nitrogen and oxygen atoms in total. The van der Waals surface area contributed by atoms with Crippen molar-refractivity contribution >= 4 is 22.4 Å². The van der Waals surface area contributed by atoms with Crippen LogP contribution in [0.2, 0.25) is 0 Å². The first-order valence-corrected chi connectivity index (χ1v) is 8.17. The van der Waals surface area contributed by atoms with Crippen molar-refractivity contribution in [3.63, 3.8) is 0 Å². The van der Waals surface area contributed by atoms with Crippen molar-refractivity contribution in [2.45, 2.75) is 6.42 Å². The Morgan fingerprint density at radius 1 is 1.25 bits per heavy atom. The van der Waals surface area contributed by atoms with Gasteiger partial charge in [0.1, 0.15) is 11.6 Å². The molecule has 1 aromatic heterocycles. The van der Waals surface area contributed by atoms with E-state index in [0.717, 1.165) is 5.56 Å². The molecule has 3 rings (SSSR count). The van der Waals surface area contributed by atoms with E-state index in [2.05, 4.69) is 10.3 Å². The van der Waals surface area contributed by atoms with Gasteiger partial charge in [0.2, 0.25) is 5.91 Å². The first-order valence-electron chi connectivity index (χ1n) is 7.29. The van der Waals surface area contributed by atoms with Gasteiger partial charge in [0.05, 0.1) is 19.2 Å². The van der Waals surface area contributed by atoms with Gasteiger partial charge in [-0.15, -0.1) is 11.3 Å². The maximum absolute atomic E-state index is 13.8. The van der Waals surface area contributed by atoms with Crippen LogP contribution in [0.3, 0.4) is 0 Å². The van der Waals surface area contributed by atoms with Crippen LogP contribution in [0, 0.1) is 5.82 Å². The highest BCUT2D eigenvalue weighted by Gasteiger charge is 2.11. The molecule has 0 saturated carbocycles. The van der Waals surface area contributed by atoms with Crippen molar-refractivity contribution in [3.05, 3.63) is 65.3 Å². The Morgan fingerprint density at radius 3 is 2.88 bits per heavy atom. The quantitative estimate of drug-likeness (QED) is 0.758. The molecule has 6 heteroatoms. The number of benzene rings is 2. The van der Waals surface area contributed by atoms with Gasteiger partial charge in [-0.05, 0) is 29.8 Å². The van der Waals surface area contributed by atoms with Gasteiger partial charge in [0, 0.05) is 10.9 Å². The van der Waals surface area contributed by atoms with Gasteiger partial charge in [-0.2, -0.15) is 0 Å². The van der Waals surface area contributed by atoms with Crippen LogP contribution in [0.15, 0.2) is 53.9 Å². The predicted octanol–water partition coefficient (Wildman–Crippen LogP) is 4.14. The molecule has 0 atom stereocenters. The second kappa shape index (κ2) is 7.23. The molecule has 0 bridgehead atoms. The van der Waals surface area contributed by atoms with Crippen LogP contribution in [0.4, 0.5) is 9.52 Å². The molecule has 0 aliphatic rings. The summed E-state index contributed by atoms with van der Waals surface area (Å²) in [7, 11) is 1.58. The lowest BCUT2D eigenvalue weighted by Gasteiger charge is -2.04. The molecule has 0 fully saturated rings. The first kappa shape index (κ1) is 16.1. The van der Waals surface area contributed by atoms with E-state index < -0.39 is 0 Å². The molecule has 0 unspecified atom stereocenters. The Hall–Kier alpha value is -2.73. The van der Waals surface area contributed by atoms with Crippen molar-refractivity contribution in [2.24, 2.45) is 0 Å². The SMILES string of the molecule is COc1cccc(CC(=O)Nc2nc(-c3ccccc3F)cs2)c1. The summed E-state index contributed by atoms with van der Waals surface area (Å²) in [6.07, 6.45) is 0.214.